The lowest BCUT2D eigenvalue weighted by Gasteiger charge is -2.44. The summed E-state index contributed by atoms with van der Waals surface area (Å²) in [5, 5.41) is 21.2. The van der Waals surface area contributed by atoms with Crippen LogP contribution in [0.4, 0.5) is 10.8 Å². The number of hydrogen-bond donors (Lipinski definition) is 5. The number of nitrogens with one attached hydrogen (secondary N) is 1. The molecular weight excluding hydrogens is 492 g/mol. The van der Waals surface area contributed by atoms with Crippen molar-refractivity contribution in [1.29, 1.82) is 0 Å². The van der Waals surface area contributed by atoms with Gasteiger partial charge in [-0.15, -0.1) is 11.3 Å². The third kappa shape index (κ3) is 5.10. The van der Waals surface area contributed by atoms with Gasteiger partial charge in [-0.25, -0.2) is 9.29 Å². The fourth-order valence-corrected chi connectivity index (χ4v) is 4.25. The lowest BCUT2D eigenvalue weighted by molar-refractivity contribution is -0.145. The van der Waals surface area contributed by atoms with E-state index in [2.05, 4.69) is 27.1 Å². The van der Waals surface area contributed by atoms with Crippen molar-refractivity contribution in [2.75, 3.05) is 11.5 Å². The van der Waals surface area contributed by atoms with Crippen molar-refractivity contribution in [3.05, 3.63) is 35.8 Å². The van der Waals surface area contributed by atoms with E-state index in [1.807, 2.05) is 0 Å². The van der Waals surface area contributed by atoms with Crippen molar-refractivity contribution >= 4 is 50.0 Å². The molecule has 1 aliphatic heterocycles. The number of aliphatic hydroxyl groups excluding tert-OH is 1. The third-order valence-electron chi connectivity index (χ3n) is 4.77. The van der Waals surface area contributed by atoms with Crippen molar-refractivity contribution in [3.63, 3.8) is 0 Å². The summed E-state index contributed by atoms with van der Waals surface area (Å²) in [4.78, 5) is 34.7. The maximum absolute atomic E-state index is 13.0. The Bertz CT molecular complexity index is 1270. The molecule has 0 bridgehead atoms. The molecule has 1 fully saturated rings. The van der Waals surface area contributed by atoms with E-state index in [9.17, 15) is 27.7 Å². The van der Waals surface area contributed by atoms with Gasteiger partial charge in [0.15, 0.2) is 16.4 Å². The van der Waals surface area contributed by atoms with E-state index in [1.165, 1.54) is 36.3 Å². The highest BCUT2D eigenvalue weighted by molar-refractivity contribution is 7.84. The van der Waals surface area contributed by atoms with Crippen molar-refractivity contribution in [3.8, 4) is 0 Å². The normalized spacial score (nSPS) is 19.0. The van der Waals surface area contributed by atoms with Crippen LogP contribution >= 0.6 is 11.3 Å². The number of nitrogens with zero attached hydrogens (tertiary/aromatic N) is 5. The fourth-order valence-electron chi connectivity index (χ4n) is 2.83. The molecule has 0 radical (unpaired) electrons. The topological polar surface area (TPSA) is 228 Å². The van der Waals surface area contributed by atoms with E-state index in [0.717, 1.165) is 11.3 Å². The first-order valence-electron chi connectivity index (χ1n) is 9.46. The van der Waals surface area contributed by atoms with Gasteiger partial charge < -0.3 is 26.7 Å². The molecule has 3 rings (SSSR count). The zero-order valence-electron chi connectivity index (χ0n) is 17.9. The molecule has 2 aromatic rings. The van der Waals surface area contributed by atoms with Crippen LogP contribution in [0, 0.1) is 0 Å². The first-order chi connectivity index (χ1) is 15.7. The number of carbonyl (C=O) groups excluding carboxylic acids is 2. The van der Waals surface area contributed by atoms with Crippen molar-refractivity contribution in [2.45, 2.75) is 38.1 Å². The summed E-state index contributed by atoms with van der Waals surface area (Å²) in [5.41, 5.74) is 9.76. The minimum Gasteiger partial charge on any atom is -0.509 e. The van der Waals surface area contributed by atoms with Crippen LogP contribution in [0.15, 0.2) is 35.3 Å². The van der Waals surface area contributed by atoms with Crippen LogP contribution in [0.25, 0.3) is 0 Å². The minimum atomic E-state index is -4.91. The third-order valence-corrected chi connectivity index (χ3v) is 6.39. The zero-order chi connectivity index (χ0) is 25.4. The summed E-state index contributed by atoms with van der Waals surface area (Å²) in [5.74, 6) is -2.41. The number of amides is 2. The van der Waals surface area contributed by atoms with Gasteiger partial charge in [0.1, 0.15) is 17.5 Å². The molecule has 15 nitrogen and oxygen atoms in total. The predicted octanol–water partition coefficient (Wildman–Crippen LogP) is -0.726. The molecule has 1 saturated heterocycles. The van der Waals surface area contributed by atoms with Crippen LogP contribution in [0.1, 0.15) is 19.5 Å². The maximum Gasteiger partial charge on any atom is 0.362 e. The summed E-state index contributed by atoms with van der Waals surface area (Å²) in [7, 11) is -4.91. The highest BCUT2D eigenvalue weighted by atomic mass is 32.2. The second-order valence-electron chi connectivity index (χ2n) is 7.69. The molecule has 3 heterocycles. The molecule has 7 N–H and O–H groups in total. The Kier molecular flexibility index (Phi) is 6.54. The second kappa shape index (κ2) is 8.92. The lowest BCUT2D eigenvalue weighted by atomic mass is 9.98. The number of carbonyl (C=O) groups is 2. The molecule has 34 heavy (non-hydrogen) atoms. The molecule has 0 saturated carbocycles. The summed E-state index contributed by atoms with van der Waals surface area (Å²) in [6.07, 6.45) is 2.68. The smallest absolute Gasteiger partial charge is 0.362 e. The van der Waals surface area contributed by atoms with Gasteiger partial charge in [0.2, 0.25) is 0 Å². The number of rotatable bonds is 9. The highest BCUT2D eigenvalue weighted by Crippen LogP contribution is 2.26. The Morgan fingerprint density at radius 2 is 2.12 bits per heavy atom. The molecule has 0 aliphatic carbocycles. The van der Waals surface area contributed by atoms with Crippen LogP contribution in [0.2, 0.25) is 0 Å². The van der Waals surface area contributed by atoms with Gasteiger partial charge in [-0.05, 0) is 13.8 Å². The van der Waals surface area contributed by atoms with Gasteiger partial charge >= 0.3 is 10.3 Å². The number of oxime groups is 1. The Hall–Kier alpha value is -3.70. The maximum atomic E-state index is 13.0. The number of thiazole rings is 1. The zero-order valence-corrected chi connectivity index (χ0v) is 19.6. The summed E-state index contributed by atoms with van der Waals surface area (Å²) in [6, 6.07) is -2.59. The van der Waals surface area contributed by atoms with Gasteiger partial charge in [-0.2, -0.15) is 13.5 Å². The minimum absolute atomic E-state index is 0.00848. The first-order valence-corrected chi connectivity index (χ1v) is 11.7. The van der Waals surface area contributed by atoms with Gasteiger partial charge in [0.25, 0.3) is 11.8 Å². The van der Waals surface area contributed by atoms with Crippen molar-refractivity contribution in [2.24, 2.45) is 5.16 Å². The van der Waals surface area contributed by atoms with Crippen LogP contribution < -0.4 is 16.8 Å². The molecule has 2 aromatic heterocycles. The molecule has 0 aromatic carbocycles. The van der Waals surface area contributed by atoms with Crippen LogP contribution in [-0.4, -0.2) is 72.4 Å². The summed E-state index contributed by atoms with van der Waals surface area (Å²) < 4.78 is 34.3. The average Bonchev–Trinajstić information content (AvgIpc) is 3.32. The van der Waals surface area contributed by atoms with Gasteiger partial charge in [0.05, 0.1) is 24.5 Å². The number of β-lactam (4-membered cyclic amide) rings is 1. The van der Waals surface area contributed by atoms with E-state index in [4.69, 9.17) is 16.3 Å². The number of aliphatic hydroxyl groups is 1. The predicted molar refractivity (Wildman–Crippen MR) is 121 cm³/mol. The summed E-state index contributed by atoms with van der Waals surface area (Å²) in [6.45, 7) is 6.04. The van der Waals surface area contributed by atoms with Crippen LogP contribution in [0.5, 0.6) is 0 Å². The van der Waals surface area contributed by atoms with Crippen LogP contribution in [-0.2, 0) is 31.3 Å². The SMILES string of the molecule is C=C(O)C(C)(C)O/N=C(\C(=O)N[C@@H]1C(=O)N(S(=O)(=O)O)[C@@H]1Cn1cc(N)cn1)c1csc(N)n1. The molecule has 184 valence electrons. The largest absolute Gasteiger partial charge is 0.509 e. The van der Waals surface area contributed by atoms with Crippen LogP contribution in [0.3, 0.4) is 0 Å². The Balaban J connectivity index is 1.89. The Morgan fingerprint density at radius 1 is 1.44 bits per heavy atom. The second-order valence-corrected chi connectivity index (χ2v) is 9.86. The van der Waals surface area contributed by atoms with E-state index in [0.29, 0.717) is 0 Å². The van der Waals surface area contributed by atoms with E-state index >= 15 is 0 Å². The van der Waals surface area contributed by atoms with E-state index < -0.39 is 45.5 Å². The van der Waals surface area contributed by atoms with Crippen molar-refractivity contribution < 1.29 is 32.5 Å². The van der Waals surface area contributed by atoms with Crippen molar-refractivity contribution in [1.82, 2.24) is 24.4 Å². The first kappa shape index (κ1) is 24.9. The highest BCUT2D eigenvalue weighted by Gasteiger charge is 2.54. The molecular formula is C17H22N8O7S2. The molecule has 1 aliphatic rings. The number of anilines is 2. The molecule has 0 unspecified atom stereocenters. The number of nitrogens with two attached hydrogens (primary N) is 2. The van der Waals surface area contributed by atoms with Gasteiger partial charge in [-0.3, -0.25) is 18.8 Å². The number of aromatic nitrogens is 3. The number of nitrogen functional groups attached to an aromatic ring is 2. The molecule has 0 spiro atoms. The van der Waals surface area contributed by atoms with E-state index in [-0.39, 0.29) is 33.1 Å². The van der Waals surface area contributed by atoms with Gasteiger partial charge in [0, 0.05) is 11.6 Å². The monoisotopic (exact) mass is 514 g/mol. The molecule has 2 atom stereocenters. The van der Waals surface area contributed by atoms with Gasteiger partial charge in [-0.1, -0.05) is 11.7 Å². The fraction of sp³-hybridized carbons (Fsp3) is 0.353. The standard InChI is InChI=1S/C17H22N8O7S2/c1-8(26)17(2,3)32-23-12(10-7-33-16(19)21-10)14(27)22-13-11(6-24-5-9(18)4-20-24)25(15(13)28)34(29,30)31/h4-5,7,11,13,26H,1,6,18H2,2-3H3,(H2,19,21)(H,22,27)(H,29,30,31)/b23-12-/t11-,13+/m1/s1. The average molecular weight is 515 g/mol. The lowest BCUT2D eigenvalue weighted by Crippen LogP contribution is -2.73. The van der Waals surface area contributed by atoms with E-state index in [1.54, 1.807) is 0 Å². The number of hydrogen-bond acceptors (Lipinski definition) is 12. The quantitative estimate of drug-likeness (QED) is 0.0921. The molecule has 2 amide bonds. The summed E-state index contributed by atoms with van der Waals surface area (Å²) >= 11 is 1.01. The Morgan fingerprint density at radius 3 is 2.62 bits per heavy atom. The Labute approximate surface area is 197 Å². The molecule has 17 heteroatoms.